The molecule has 0 aliphatic rings. The molecular formula is C57H48O2. The van der Waals surface area contributed by atoms with Gasteiger partial charge in [-0.25, -0.2) is 0 Å². The maximum absolute atomic E-state index is 9.08. The summed E-state index contributed by atoms with van der Waals surface area (Å²) in [6.07, 6.45) is 9.86. The van der Waals surface area contributed by atoms with E-state index in [4.69, 9.17) is 9.84 Å². The second-order valence-electron chi connectivity index (χ2n) is 14.0. The minimum Gasteiger partial charge on any atom is -0.491 e. The fourth-order valence-corrected chi connectivity index (χ4v) is 6.39. The fourth-order valence-electron chi connectivity index (χ4n) is 6.39. The molecule has 0 aliphatic heterocycles. The second-order valence-corrected chi connectivity index (χ2v) is 14.0. The van der Waals surface area contributed by atoms with Gasteiger partial charge < -0.3 is 9.84 Å². The number of hydrogen-bond donors (Lipinski definition) is 1. The molecule has 0 heterocycles. The highest BCUT2D eigenvalue weighted by Gasteiger charge is 2.22. The molecule has 0 saturated heterocycles. The summed E-state index contributed by atoms with van der Waals surface area (Å²) in [5, 5.41) is 9.08. The smallest absolute Gasteiger partial charge is 0.153 e. The number of benzene rings is 6. The molecule has 0 amide bonds. The topological polar surface area (TPSA) is 29.5 Å². The van der Waals surface area contributed by atoms with Gasteiger partial charge in [0, 0.05) is 34.4 Å². The van der Waals surface area contributed by atoms with Crippen LogP contribution in [0.1, 0.15) is 113 Å². The molecular weight excluding hydrogens is 717 g/mol. The Labute approximate surface area is 351 Å². The molecule has 0 spiro atoms. The van der Waals surface area contributed by atoms with Crippen molar-refractivity contribution in [2.24, 2.45) is 0 Å². The van der Waals surface area contributed by atoms with Gasteiger partial charge >= 0.3 is 0 Å². The van der Waals surface area contributed by atoms with Crippen molar-refractivity contribution in [2.75, 3.05) is 13.2 Å². The Morgan fingerprint density at radius 3 is 0.847 bits per heavy atom. The number of aliphatic hydroxyl groups excluding tert-OH is 1. The molecule has 0 aromatic heterocycles. The van der Waals surface area contributed by atoms with E-state index in [1.807, 2.05) is 152 Å². The Kier molecular flexibility index (Phi) is 16.8. The summed E-state index contributed by atoms with van der Waals surface area (Å²) in [4.78, 5) is 0. The lowest BCUT2D eigenvalue weighted by atomic mass is 9.89. The molecule has 6 aromatic rings. The minimum atomic E-state index is 0.283. The highest BCUT2D eigenvalue weighted by molar-refractivity contribution is 5.78. The highest BCUT2D eigenvalue weighted by Crippen LogP contribution is 2.34. The molecule has 6 aromatic carbocycles. The van der Waals surface area contributed by atoms with Crippen LogP contribution in [0.5, 0.6) is 5.75 Å². The first-order valence-electron chi connectivity index (χ1n) is 20.6. The summed E-state index contributed by atoms with van der Waals surface area (Å²) in [6.45, 7) is 0.772. The summed E-state index contributed by atoms with van der Waals surface area (Å²) >= 11 is 0. The number of unbranched alkanes of at least 4 members (excludes halogenated alkanes) is 8. The molecule has 0 fully saturated rings. The van der Waals surface area contributed by atoms with Gasteiger partial charge in [0.05, 0.1) is 34.4 Å². The van der Waals surface area contributed by atoms with E-state index >= 15 is 0 Å². The van der Waals surface area contributed by atoms with E-state index in [0.29, 0.717) is 40.2 Å². The monoisotopic (exact) mass is 764 g/mol. The molecule has 1 N–H and O–H groups in total. The molecule has 0 bridgehead atoms. The lowest BCUT2D eigenvalue weighted by Crippen LogP contribution is -2.08. The molecule has 0 unspecified atom stereocenters. The first-order chi connectivity index (χ1) is 29.3. The lowest BCUT2D eigenvalue weighted by molar-refractivity contribution is 0.282. The normalized spacial score (nSPS) is 9.85. The average molecular weight is 765 g/mol. The Bertz CT molecular complexity index is 2410. The van der Waals surface area contributed by atoms with Gasteiger partial charge in [0.1, 0.15) is 0 Å². The van der Waals surface area contributed by atoms with Gasteiger partial charge in [0.25, 0.3) is 0 Å². The van der Waals surface area contributed by atoms with Crippen molar-refractivity contribution in [1.29, 1.82) is 0 Å². The third kappa shape index (κ3) is 13.5. The third-order valence-corrected chi connectivity index (χ3v) is 9.53. The maximum atomic E-state index is 9.08. The van der Waals surface area contributed by atoms with E-state index < -0.39 is 0 Å². The summed E-state index contributed by atoms with van der Waals surface area (Å²) in [5.41, 5.74) is 7.60. The van der Waals surface area contributed by atoms with Gasteiger partial charge in [-0.05, 0) is 73.5 Å². The molecule has 59 heavy (non-hydrogen) atoms. The van der Waals surface area contributed by atoms with Gasteiger partial charge in [0.15, 0.2) is 5.75 Å². The van der Waals surface area contributed by atoms with Gasteiger partial charge in [-0.3, -0.25) is 0 Å². The summed E-state index contributed by atoms with van der Waals surface area (Å²) < 4.78 is 6.91. The Balaban J connectivity index is 1.56. The Morgan fingerprint density at radius 2 is 0.542 bits per heavy atom. The molecule has 0 radical (unpaired) electrons. The van der Waals surface area contributed by atoms with Crippen molar-refractivity contribution in [2.45, 2.75) is 57.8 Å². The number of rotatable bonds is 12. The van der Waals surface area contributed by atoms with E-state index in [-0.39, 0.29) is 6.61 Å². The number of hydrogen-bond acceptors (Lipinski definition) is 2. The van der Waals surface area contributed by atoms with Crippen LogP contribution in [0.2, 0.25) is 0 Å². The van der Waals surface area contributed by atoms with E-state index in [1.165, 1.54) is 25.7 Å². The van der Waals surface area contributed by atoms with Crippen molar-refractivity contribution in [3.8, 4) is 65.0 Å². The van der Waals surface area contributed by atoms with Gasteiger partial charge in [-0.1, -0.05) is 195 Å². The average Bonchev–Trinajstić information content (AvgIpc) is 3.29. The molecule has 6 rings (SSSR count). The summed E-state index contributed by atoms with van der Waals surface area (Å²) in [5.74, 6) is 35.3. The lowest BCUT2D eigenvalue weighted by Gasteiger charge is -2.17. The highest BCUT2D eigenvalue weighted by atomic mass is 16.5. The molecule has 0 aliphatic carbocycles. The van der Waals surface area contributed by atoms with Crippen LogP contribution in [-0.4, -0.2) is 18.3 Å². The van der Waals surface area contributed by atoms with Crippen molar-refractivity contribution < 1.29 is 9.84 Å². The zero-order valence-corrected chi connectivity index (χ0v) is 33.6. The Hall–Kier alpha value is -7.12. The minimum absolute atomic E-state index is 0.283. The van der Waals surface area contributed by atoms with Crippen LogP contribution >= 0.6 is 0 Å². The number of ether oxygens (including phenoxy) is 1. The largest absolute Gasteiger partial charge is 0.491 e. The third-order valence-electron chi connectivity index (χ3n) is 9.53. The fraction of sp³-hybridized carbons (Fsp3) is 0.193. The summed E-state index contributed by atoms with van der Waals surface area (Å²) in [7, 11) is 0. The Morgan fingerprint density at radius 1 is 0.288 bits per heavy atom. The number of aliphatic hydroxyl groups is 1. The standard InChI is InChI=1S/C57H48O2/c58-45-23-6-4-2-1-3-5-7-24-46-59-57-55(43-38-50-31-19-11-20-32-50)53(41-36-48-27-15-9-16-28-48)52(40-35-47-25-13-8-14-26-47)54(42-37-49-29-17-10-18-30-49)56(57)44-39-51-33-21-12-22-34-51/h8-22,25-34,58H,1-7,23-24,45-46H2. The quantitative estimate of drug-likeness (QED) is 0.0993. The predicted octanol–water partition coefficient (Wildman–Crippen LogP) is 11.6. The second kappa shape index (κ2) is 23.8. The maximum Gasteiger partial charge on any atom is 0.153 e. The van der Waals surface area contributed by atoms with E-state index in [1.54, 1.807) is 0 Å². The van der Waals surface area contributed by atoms with Gasteiger partial charge in [0.2, 0.25) is 0 Å². The van der Waals surface area contributed by atoms with Crippen molar-refractivity contribution in [3.63, 3.8) is 0 Å². The van der Waals surface area contributed by atoms with Gasteiger partial charge in [-0.15, -0.1) is 0 Å². The van der Waals surface area contributed by atoms with E-state index in [9.17, 15) is 0 Å². The van der Waals surface area contributed by atoms with Gasteiger partial charge in [-0.2, -0.15) is 0 Å². The molecule has 0 atom stereocenters. The predicted molar refractivity (Wildman–Crippen MR) is 243 cm³/mol. The molecule has 0 saturated carbocycles. The molecule has 2 nitrogen and oxygen atoms in total. The van der Waals surface area contributed by atoms with Crippen LogP contribution in [0, 0.1) is 59.2 Å². The SMILES string of the molecule is OCCCCCCCCCCCOc1c(C#Cc2ccccc2)c(C#Cc2ccccc2)c(C#Cc2ccccc2)c(C#Cc2ccccc2)c1C#Cc1ccccc1. The van der Waals surface area contributed by atoms with Crippen LogP contribution in [0.4, 0.5) is 0 Å². The zero-order chi connectivity index (χ0) is 40.6. The van der Waals surface area contributed by atoms with Crippen LogP contribution in [0.15, 0.2) is 152 Å². The first-order valence-corrected chi connectivity index (χ1v) is 20.6. The van der Waals surface area contributed by atoms with Crippen molar-refractivity contribution in [3.05, 3.63) is 207 Å². The first kappa shape index (κ1) is 41.5. The van der Waals surface area contributed by atoms with E-state index in [2.05, 4.69) is 59.2 Å². The van der Waals surface area contributed by atoms with E-state index in [0.717, 1.165) is 59.9 Å². The van der Waals surface area contributed by atoms with Crippen molar-refractivity contribution >= 4 is 0 Å². The molecule has 288 valence electrons. The van der Waals surface area contributed by atoms with Crippen LogP contribution in [-0.2, 0) is 0 Å². The van der Waals surface area contributed by atoms with Crippen LogP contribution in [0.25, 0.3) is 0 Å². The van der Waals surface area contributed by atoms with Crippen LogP contribution in [0.3, 0.4) is 0 Å². The zero-order valence-electron chi connectivity index (χ0n) is 33.6. The molecule has 2 heteroatoms. The summed E-state index contributed by atoms with van der Waals surface area (Å²) in [6, 6.07) is 49.8. The van der Waals surface area contributed by atoms with Crippen LogP contribution < -0.4 is 4.74 Å². The van der Waals surface area contributed by atoms with Crippen molar-refractivity contribution in [1.82, 2.24) is 0 Å².